The van der Waals surface area contributed by atoms with Crippen LogP contribution < -0.4 is 0 Å². The zero-order chi connectivity index (χ0) is 9.42. The van der Waals surface area contributed by atoms with Gasteiger partial charge in [-0.25, -0.2) is 14.3 Å². The predicted octanol–water partition coefficient (Wildman–Crippen LogP) is 0.736. The summed E-state index contributed by atoms with van der Waals surface area (Å²) in [5.41, 5.74) is 1.48. The third kappa shape index (κ3) is 1.14. The molecule has 2 heterocycles. The van der Waals surface area contributed by atoms with Gasteiger partial charge in [-0.2, -0.15) is 5.10 Å². The zero-order valence-corrected chi connectivity index (χ0v) is 6.93. The summed E-state index contributed by atoms with van der Waals surface area (Å²) in [6.07, 6.45) is 3.03. The number of aromatic nitrogens is 3. The van der Waals surface area contributed by atoms with Gasteiger partial charge in [-0.1, -0.05) is 0 Å². The van der Waals surface area contributed by atoms with E-state index in [-0.39, 0.29) is 5.56 Å². The average Bonchev–Trinajstić information content (AvgIpc) is 2.48. The number of carboxylic acids is 1. The fourth-order valence-electron chi connectivity index (χ4n) is 1.19. The van der Waals surface area contributed by atoms with Crippen molar-refractivity contribution in [3.05, 3.63) is 29.7 Å². The number of hydrogen-bond acceptors (Lipinski definition) is 3. The lowest BCUT2D eigenvalue weighted by Gasteiger charge is -1.99. The first-order valence-electron chi connectivity index (χ1n) is 3.72. The summed E-state index contributed by atoms with van der Waals surface area (Å²) in [6.45, 7) is 1.73. The Hall–Kier alpha value is -1.91. The number of carbonyl (C=O) groups is 1. The van der Waals surface area contributed by atoms with Gasteiger partial charge < -0.3 is 5.11 Å². The summed E-state index contributed by atoms with van der Waals surface area (Å²) in [5, 5.41) is 12.7. The maximum Gasteiger partial charge on any atom is 0.336 e. The van der Waals surface area contributed by atoms with Crippen molar-refractivity contribution in [3.63, 3.8) is 0 Å². The van der Waals surface area contributed by atoms with Crippen LogP contribution in [0.2, 0.25) is 0 Å². The van der Waals surface area contributed by atoms with Crippen LogP contribution in [0.15, 0.2) is 18.6 Å². The lowest BCUT2D eigenvalue weighted by Crippen LogP contribution is -2.02. The predicted molar refractivity (Wildman–Crippen MR) is 44.7 cm³/mol. The molecule has 0 bridgehead atoms. The Morgan fingerprint density at radius 1 is 1.62 bits per heavy atom. The lowest BCUT2D eigenvalue weighted by molar-refractivity contribution is 0.0696. The molecule has 0 amide bonds. The molecular formula is C8H7N3O2. The molecule has 13 heavy (non-hydrogen) atoms. The van der Waals surface area contributed by atoms with Crippen LogP contribution in [0.3, 0.4) is 0 Å². The fourth-order valence-corrected chi connectivity index (χ4v) is 1.19. The van der Waals surface area contributed by atoms with Gasteiger partial charge in [0.1, 0.15) is 6.33 Å². The first-order valence-corrected chi connectivity index (χ1v) is 3.72. The molecule has 5 heteroatoms. The van der Waals surface area contributed by atoms with Crippen LogP contribution in [-0.2, 0) is 0 Å². The van der Waals surface area contributed by atoms with Crippen LogP contribution in [0.4, 0.5) is 0 Å². The minimum atomic E-state index is -0.942. The molecule has 0 aliphatic heterocycles. The smallest absolute Gasteiger partial charge is 0.336 e. The molecule has 66 valence electrons. The summed E-state index contributed by atoms with van der Waals surface area (Å²) in [6, 6.07) is 1.50. The van der Waals surface area contributed by atoms with Crippen molar-refractivity contribution in [3.8, 4) is 0 Å². The molecule has 0 aromatic carbocycles. The van der Waals surface area contributed by atoms with Gasteiger partial charge in [0.05, 0.1) is 5.56 Å². The van der Waals surface area contributed by atoms with Crippen LogP contribution in [0.5, 0.6) is 0 Å². The van der Waals surface area contributed by atoms with Gasteiger partial charge in [-0.05, 0) is 18.6 Å². The molecule has 0 aliphatic rings. The minimum Gasteiger partial charge on any atom is -0.478 e. The molecule has 0 unspecified atom stereocenters. The van der Waals surface area contributed by atoms with Crippen molar-refractivity contribution in [2.45, 2.75) is 6.92 Å². The van der Waals surface area contributed by atoms with Crippen LogP contribution in [0.1, 0.15) is 15.9 Å². The molecule has 0 saturated carbocycles. The highest BCUT2D eigenvalue weighted by atomic mass is 16.4. The molecular weight excluding hydrogens is 170 g/mol. The third-order valence-electron chi connectivity index (χ3n) is 1.85. The second kappa shape index (κ2) is 2.55. The molecule has 0 saturated heterocycles. The van der Waals surface area contributed by atoms with Crippen molar-refractivity contribution < 1.29 is 9.90 Å². The van der Waals surface area contributed by atoms with E-state index in [4.69, 9.17) is 5.11 Å². The number of hydrogen-bond donors (Lipinski definition) is 1. The minimum absolute atomic E-state index is 0.264. The Morgan fingerprint density at radius 3 is 3.08 bits per heavy atom. The van der Waals surface area contributed by atoms with Gasteiger partial charge in [-0.3, -0.25) is 0 Å². The van der Waals surface area contributed by atoms with Crippen molar-refractivity contribution >= 4 is 11.6 Å². The molecule has 2 rings (SSSR count). The summed E-state index contributed by atoms with van der Waals surface area (Å²) in [4.78, 5) is 14.6. The van der Waals surface area contributed by atoms with E-state index >= 15 is 0 Å². The number of rotatable bonds is 1. The molecule has 0 fully saturated rings. The molecule has 5 nitrogen and oxygen atoms in total. The number of aryl methyl sites for hydroxylation is 1. The molecule has 0 radical (unpaired) electrons. The SMILES string of the molecule is Cc1cn2ncnc2cc1C(=O)O. The number of nitrogens with zero attached hydrogens (tertiary/aromatic N) is 3. The summed E-state index contributed by atoms with van der Waals surface area (Å²) in [7, 11) is 0. The van der Waals surface area contributed by atoms with Gasteiger partial charge in [0.25, 0.3) is 0 Å². The highest BCUT2D eigenvalue weighted by Crippen LogP contribution is 2.09. The van der Waals surface area contributed by atoms with Gasteiger partial charge in [-0.15, -0.1) is 0 Å². The second-order valence-corrected chi connectivity index (χ2v) is 2.74. The van der Waals surface area contributed by atoms with E-state index < -0.39 is 5.97 Å². The monoisotopic (exact) mass is 177 g/mol. The molecule has 2 aromatic rings. The lowest BCUT2D eigenvalue weighted by atomic mass is 10.1. The van der Waals surface area contributed by atoms with E-state index in [9.17, 15) is 4.79 Å². The third-order valence-corrected chi connectivity index (χ3v) is 1.85. The van der Waals surface area contributed by atoms with E-state index in [1.807, 2.05) is 0 Å². The van der Waals surface area contributed by atoms with E-state index in [0.717, 1.165) is 0 Å². The number of carboxylic acid groups (broad SMARTS) is 1. The average molecular weight is 177 g/mol. The quantitative estimate of drug-likeness (QED) is 0.697. The Labute approximate surface area is 73.6 Å². The largest absolute Gasteiger partial charge is 0.478 e. The Bertz CT molecular complexity index is 475. The standard InChI is InChI=1S/C8H7N3O2/c1-5-3-11-7(9-4-10-11)2-6(5)8(12)13/h2-4H,1H3,(H,12,13). The zero-order valence-electron chi connectivity index (χ0n) is 6.93. The van der Waals surface area contributed by atoms with Crippen LogP contribution in [0, 0.1) is 6.92 Å². The maximum absolute atomic E-state index is 10.7. The summed E-state index contributed by atoms with van der Waals surface area (Å²) < 4.78 is 1.54. The van der Waals surface area contributed by atoms with E-state index in [0.29, 0.717) is 11.2 Å². The first kappa shape index (κ1) is 7.72. The normalized spacial score (nSPS) is 10.5. The molecule has 0 spiro atoms. The number of aromatic carboxylic acids is 1. The summed E-state index contributed by atoms with van der Waals surface area (Å²) >= 11 is 0. The van der Waals surface area contributed by atoms with Crippen LogP contribution >= 0.6 is 0 Å². The Kier molecular flexibility index (Phi) is 1.51. The second-order valence-electron chi connectivity index (χ2n) is 2.74. The first-order chi connectivity index (χ1) is 6.18. The van der Waals surface area contributed by atoms with Crippen molar-refractivity contribution in [2.75, 3.05) is 0 Å². The van der Waals surface area contributed by atoms with E-state index in [2.05, 4.69) is 10.1 Å². The Balaban J connectivity index is 2.76. The van der Waals surface area contributed by atoms with E-state index in [1.54, 1.807) is 17.6 Å². The molecule has 1 N–H and O–H groups in total. The van der Waals surface area contributed by atoms with Crippen LogP contribution in [-0.4, -0.2) is 25.7 Å². The van der Waals surface area contributed by atoms with E-state index in [1.165, 1.54) is 12.4 Å². The Morgan fingerprint density at radius 2 is 2.38 bits per heavy atom. The number of fused-ring (bicyclic) bond motifs is 1. The van der Waals surface area contributed by atoms with Gasteiger partial charge in [0.15, 0.2) is 5.65 Å². The topological polar surface area (TPSA) is 67.5 Å². The van der Waals surface area contributed by atoms with Gasteiger partial charge in [0, 0.05) is 6.20 Å². The van der Waals surface area contributed by atoms with Crippen LogP contribution in [0.25, 0.3) is 5.65 Å². The maximum atomic E-state index is 10.7. The van der Waals surface area contributed by atoms with Gasteiger partial charge >= 0.3 is 5.97 Å². The number of pyridine rings is 1. The van der Waals surface area contributed by atoms with Crippen molar-refractivity contribution in [1.82, 2.24) is 14.6 Å². The summed E-state index contributed by atoms with van der Waals surface area (Å²) in [5.74, 6) is -0.942. The highest BCUT2D eigenvalue weighted by Gasteiger charge is 2.08. The molecule has 0 atom stereocenters. The fraction of sp³-hybridized carbons (Fsp3) is 0.125. The van der Waals surface area contributed by atoms with Crippen molar-refractivity contribution in [1.29, 1.82) is 0 Å². The highest BCUT2D eigenvalue weighted by molar-refractivity contribution is 5.90. The van der Waals surface area contributed by atoms with Gasteiger partial charge in [0.2, 0.25) is 0 Å². The van der Waals surface area contributed by atoms with Crippen molar-refractivity contribution in [2.24, 2.45) is 0 Å². The molecule has 0 aliphatic carbocycles. The molecule has 2 aromatic heterocycles.